The lowest BCUT2D eigenvalue weighted by Gasteiger charge is -2.16. The molecule has 0 bridgehead atoms. The summed E-state index contributed by atoms with van der Waals surface area (Å²) in [7, 11) is 0. The predicted octanol–water partition coefficient (Wildman–Crippen LogP) is 2.08. The fourth-order valence-corrected chi connectivity index (χ4v) is 2.05. The fourth-order valence-electron chi connectivity index (χ4n) is 2.05. The first kappa shape index (κ1) is 12.0. The van der Waals surface area contributed by atoms with Gasteiger partial charge in [0.25, 0.3) is 0 Å². The SMILES string of the molecule is O=C1c2ccccc2C(=O)c2ccccc21.[Mg]. The second-order valence-corrected chi connectivity index (χ2v) is 3.75. The van der Waals surface area contributed by atoms with E-state index in [2.05, 4.69) is 0 Å². The minimum atomic E-state index is -0.0641. The van der Waals surface area contributed by atoms with E-state index >= 15 is 0 Å². The Morgan fingerprint density at radius 3 is 1.00 bits per heavy atom. The van der Waals surface area contributed by atoms with E-state index in [1.807, 2.05) is 0 Å². The number of fused-ring (bicyclic) bond motifs is 2. The largest absolute Gasteiger partial charge is 0.289 e. The third kappa shape index (κ3) is 1.71. The van der Waals surface area contributed by atoms with Crippen LogP contribution in [0.4, 0.5) is 0 Å². The lowest BCUT2D eigenvalue weighted by Crippen LogP contribution is -2.20. The van der Waals surface area contributed by atoms with Crippen LogP contribution in [0.2, 0.25) is 0 Å². The Labute approximate surface area is 115 Å². The van der Waals surface area contributed by atoms with Gasteiger partial charge in [0.15, 0.2) is 11.6 Å². The molecule has 0 heterocycles. The lowest BCUT2D eigenvalue weighted by atomic mass is 9.84. The van der Waals surface area contributed by atoms with Gasteiger partial charge >= 0.3 is 0 Å². The molecular weight excluding hydrogens is 224 g/mol. The highest BCUT2D eigenvalue weighted by atomic mass is 24.3. The second kappa shape index (κ2) is 4.43. The molecule has 2 aromatic carbocycles. The molecule has 17 heavy (non-hydrogen) atoms. The maximum absolute atomic E-state index is 12.1. The van der Waals surface area contributed by atoms with E-state index in [9.17, 15) is 9.59 Å². The summed E-state index contributed by atoms with van der Waals surface area (Å²) < 4.78 is 0. The van der Waals surface area contributed by atoms with Gasteiger partial charge in [-0.05, 0) is 0 Å². The molecular formula is C14H8MgO2. The van der Waals surface area contributed by atoms with E-state index in [0.29, 0.717) is 22.3 Å². The molecule has 1 aliphatic rings. The maximum atomic E-state index is 12.1. The number of hydrogen-bond acceptors (Lipinski definition) is 2. The van der Waals surface area contributed by atoms with Gasteiger partial charge in [-0.2, -0.15) is 0 Å². The highest BCUT2D eigenvalue weighted by Crippen LogP contribution is 2.26. The molecule has 0 saturated heterocycles. The Morgan fingerprint density at radius 2 is 0.765 bits per heavy atom. The highest BCUT2D eigenvalue weighted by Gasteiger charge is 2.28. The molecule has 2 radical (unpaired) electrons. The van der Waals surface area contributed by atoms with E-state index in [1.54, 1.807) is 48.5 Å². The first-order chi connectivity index (χ1) is 7.79. The van der Waals surface area contributed by atoms with Gasteiger partial charge in [0.2, 0.25) is 0 Å². The first-order valence-electron chi connectivity index (χ1n) is 5.06. The molecule has 0 aromatic heterocycles. The van der Waals surface area contributed by atoms with Crippen LogP contribution in [0.25, 0.3) is 0 Å². The summed E-state index contributed by atoms with van der Waals surface area (Å²) in [5, 5.41) is 0. The van der Waals surface area contributed by atoms with E-state index in [0.717, 1.165) is 0 Å². The molecule has 0 aliphatic heterocycles. The number of hydrogen-bond donors (Lipinski definition) is 0. The number of benzene rings is 2. The Balaban J connectivity index is 0.00000108. The van der Waals surface area contributed by atoms with E-state index in [4.69, 9.17) is 0 Å². The van der Waals surface area contributed by atoms with Crippen LogP contribution in [-0.2, 0) is 0 Å². The van der Waals surface area contributed by atoms with Gasteiger partial charge in [-0.1, -0.05) is 48.5 Å². The molecule has 3 heteroatoms. The van der Waals surface area contributed by atoms with Crippen molar-refractivity contribution in [2.75, 3.05) is 0 Å². The maximum Gasteiger partial charge on any atom is 0.194 e. The Kier molecular flexibility index (Phi) is 3.13. The van der Waals surface area contributed by atoms with Crippen molar-refractivity contribution in [3.8, 4) is 0 Å². The Hall–Kier alpha value is -1.45. The third-order valence-electron chi connectivity index (χ3n) is 2.83. The Morgan fingerprint density at radius 1 is 0.529 bits per heavy atom. The summed E-state index contributed by atoms with van der Waals surface area (Å²) in [5.74, 6) is -0.128. The topological polar surface area (TPSA) is 34.1 Å². The molecule has 0 fully saturated rings. The van der Waals surface area contributed by atoms with Crippen molar-refractivity contribution < 1.29 is 9.59 Å². The molecule has 78 valence electrons. The van der Waals surface area contributed by atoms with Crippen LogP contribution < -0.4 is 0 Å². The summed E-state index contributed by atoms with van der Waals surface area (Å²) in [4.78, 5) is 24.2. The molecule has 0 saturated carbocycles. The minimum Gasteiger partial charge on any atom is -0.289 e. The summed E-state index contributed by atoms with van der Waals surface area (Å²) >= 11 is 0. The highest BCUT2D eigenvalue weighted by molar-refractivity contribution is 6.28. The zero-order chi connectivity index (χ0) is 11.1. The number of ketones is 2. The number of rotatable bonds is 0. The summed E-state index contributed by atoms with van der Waals surface area (Å²) in [6, 6.07) is 13.9. The van der Waals surface area contributed by atoms with Gasteiger partial charge in [-0.15, -0.1) is 0 Å². The zero-order valence-electron chi connectivity index (χ0n) is 9.14. The fraction of sp³-hybridized carbons (Fsp3) is 0. The van der Waals surface area contributed by atoms with Gasteiger partial charge in [-0.25, -0.2) is 0 Å². The van der Waals surface area contributed by atoms with E-state index < -0.39 is 0 Å². The molecule has 3 rings (SSSR count). The summed E-state index contributed by atoms with van der Waals surface area (Å²) in [5.41, 5.74) is 2.02. The summed E-state index contributed by atoms with van der Waals surface area (Å²) in [6.45, 7) is 0. The van der Waals surface area contributed by atoms with Crippen LogP contribution in [0.3, 0.4) is 0 Å². The smallest absolute Gasteiger partial charge is 0.194 e. The van der Waals surface area contributed by atoms with Crippen molar-refractivity contribution in [1.82, 2.24) is 0 Å². The Bertz CT molecular complexity index is 512. The molecule has 2 aromatic rings. The molecule has 0 N–H and O–H groups in total. The predicted molar refractivity (Wildman–Crippen MR) is 65.5 cm³/mol. The van der Waals surface area contributed by atoms with Crippen LogP contribution in [0.15, 0.2) is 48.5 Å². The molecule has 1 aliphatic carbocycles. The van der Waals surface area contributed by atoms with Gasteiger partial charge in [0.1, 0.15) is 0 Å². The standard InChI is InChI=1S/C14H8O2.Mg/c15-13-9-5-1-2-6-10(9)14(16)12-8-4-3-7-11(12)13;/h1-8H;. The van der Waals surface area contributed by atoms with Crippen molar-refractivity contribution in [3.63, 3.8) is 0 Å². The van der Waals surface area contributed by atoms with Crippen LogP contribution >= 0.6 is 0 Å². The van der Waals surface area contributed by atoms with E-state index in [1.165, 1.54) is 0 Å². The zero-order valence-corrected chi connectivity index (χ0v) is 10.6. The molecule has 0 spiro atoms. The normalized spacial score (nSPS) is 12.5. The summed E-state index contributed by atoms with van der Waals surface area (Å²) in [6.07, 6.45) is 0. The molecule has 2 nitrogen and oxygen atoms in total. The number of carbonyl (C=O) groups excluding carboxylic acids is 2. The van der Waals surface area contributed by atoms with E-state index in [-0.39, 0.29) is 34.6 Å². The van der Waals surface area contributed by atoms with Crippen molar-refractivity contribution in [3.05, 3.63) is 70.8 Å². The van der Waals surface area contributed by atoms with Gasteiger partial charge < -0.3 is 0 Å². The van der Waals surface area contributed by atoms with Crippen molar-refractivity contribution in [1.29, 1.82) is 0 Å². The van der Waals surface area contributed by atoms with Crippen LogP contribution in [0.1, 0.15) is 31.8 Å². The van der Waals surface area contributed by atoms with Crippen molar-refractivity contribution in [2.45, 2.75) is 0 Å². The van der Waals surface area contributed by atoms with Crippen molar-refractivity contribution >= 4 is 34.6 Å². The van der Waals surface area contributed by atoms with Gasteiger partial charge in [0, 0.05) is 45.3 Å². The molecule has 0 amide bonds. The van der Waals surface area contributed by atoms with Crippen molar-refractivity contribution in [2.24, 2.45) is 0 Å². The quantitative estimate of drug-likeness (QED) is 0.556. The van der Waals surface area contributed by atoms with Crippen LogP contribution in [-0.4, -0.2) is 34.6 Å². The lowest BCUT2D eigenvalue weighted by molar-refractivity contribution is 0.0979. The third-order valence-corrected chi connectivity index (χ3v) is 2.83. The average molecular weight is 233 g/mol. The van der Waals surface area contributed by atoms with Crippen LogP contribution in [0, 0.1) is 0 Å². The first-order valence-corrected chi connectivity index (χ1v) is 5.06. The van der Waals surface area contributed by atoms with Gasteiger partial charge in [-0.3, -0.25) is 9.59 Å². The average Bonchev–Trinajstić information content (AvgIpc) is 2.36. The monoisotopic (exact) mass is 232 g/mol. The van der Waals surface area contributed by atoms with Crippen LogP contribution in [0.5, 0.6) is 0 Å². The molecule has 0 atom stereocenters. The number of carbonyl (C=O) groups is 2. The van der Waals surface area contributed by atoms with Gasteiger partial charge in [0.05, 0.1) is 0 Å². The molecule has 0 unspecified atom stereocenters. The second-order valence-electron chi connectivity index (χ2n) is 3.75. The minimum absolute atomic E-state index is 0.